The maximum atomic E-state index is 14.0. The first-order valence-electron chi connectivity index (χ1n) is 11.7. The first-order valence-corrected chi connectivity index (χ1v) is 12.9. The van der Waals surface area contributed by atoms with E-state index in [1.165, 1.54) is 11.3 Å². The van der Waals surface area contributed by atoms with Crippen LogP contribution in [-0.2, 0) is 6.54 Å². The van der Waals surface area contributed by atoms with Crippen molar-refractivity contribution in [3.63, 3.8) is 0 Å². The first-order chi connectivity index (χ1) is 17.0. The summed E-state index contributed by atoms with van der Waals surface area (Å²) in [6.45, 7) is 2.45. The summed E-state index contributed by atoms with van der Waals surface area (Å²) in [5.74, 6) is 1.41. The Morgan fingerprint density at radius 1 is 1.09 bits per heavy atom. The fourth-order valence-corrected chi connectivity index (χ4v) is 6.00. The number of ether oxygens (including phenoxy) is 2. The number of benzene rings is 2. The van der Waals surface area contributed by atoms with Gasteiger partial charge in [0.1, 0.15) is 21.4 Å². The Bertz CT molecular complexity index is 1380. The number of para-hydroxylation sites is 1. The number of amides is 1. The van der Waals surface area contributed by atoms with E-state index in [2.05, 4.69) is 11.9 Å². The van der Waals surface area contributed by atoms with Crippen molar-refractivity contribution in [1.82, 2.24) is 14.8 Å². The second-order valence-electron chi connectivity index (χ2n) is 8.93. The minimum Gasteiger partial charge on any atom is -0.496 e. The van der Waals surface area contributed by atoms with Crippen LogP contribution in [0.5, 0.6) is 11.5 Å². The lowest BCUT2D eigenvalue weighted by atomic mass is 10.0. The van der Waals surface area contributed by atoms with E-state index >= 15 is 0 Å². The summed E-state index contributed by atoms with van der Waals surface area (Å²) >= 11 is 7.93. The number of thiophene rings is 1. The second kappa shape index (κ2) is 10.0. The predicted molar refractivity (Wildman–Crippen MR) is 142 cm³/mol. The topological polar surface area (TPSA) is 54.9 Å². The monoisotopic (exact) mass is 509 g/mol. The number of carbonyl (C=O) groups excluding carboxylic acids is 1. The highest BCUT2D eigenvalue weighted by Gasteiger charge is 2.29. The third-order valence-corrected chi connectivity index (χ3v) is 8.13. The zero-order valence-electron chi connectivity index (χ0n) is 20.1. The second-order valence-corrected chi connectivity index (χ2v) is 10.3. The highest BCUT2D eigenvalue weighted by atomic mass is 35.5. The molecule has 1 saturated heterocycles. The van der Waals surface area contributed by atoms with Gasteiger partial charge in [0, 0.05) is 28.9 Å². The van der Waals surface area contributed by atoms with Crippen LogP contribution in [0.2, 0.25) is 5.02 Å². The number of fused-ring (bicyclic) bond motifs is 2. The Labute approximate surface area is 214 Å². The summed E-state index contributed by atoms with van der Waals surface area (Å²) in [5, 5.41) is 2.34. The zero-order chi connectivity index (χ0) is 24.5. The van der Waals surface area contributed by atoms with Crippen LogP contribution in [0.3, 0.4) is 0 Å². The van der Waals surface area contributed by atoms with Gasteiger partial charge < -0.3 is 19.3 Å². The van der Waals surface area contributed by atoms with Gasteiger partial charge in [0.25, 0.3) is 5.91 Å². The predicted octanol–water partition coefficient (Wildman–Crippen LogP) is 5.86. The van der Waals surface area contributed by atoms with Crippen LogP contribution in [0.15, 0.2) is 48.5 Å². The van der Waals surface area contributed by atoms with E-state index in [4.69, 9.17) is 26.1 Å². The number of halogens is 1. The summed E-state index contributed by atoms with van der Waals surface area (Å²) in [7, 11) is 5.39. The molecule has 1 amide bonds. The average Bonchev–Trinajstić information content (AvgIpc) is 3.30. The van der Waals surface area contributed by atoms with Gasteiger partial charge in [-0.2, -0.15) is 0 Å². The molecule has 1 fully saturated rings. The van der Waals surface area contributed by atoms with Gasteiger partial charge >= 0.3 is 0 Å². The van der Waals surface area contributed by atoms with Crippen molar-refractivity contribution >= 4 is 50.0 Å². The third kappa shape index (κ3) is 4.68. The van der Waals surface area contributed by atoms with Crippen LogP contribution in [0.4, 0.5) is 0 Å². The van der Waals surface area contributed by atoms with Crippen LogP contribution in [0.25, 0.3) is 21.1 Å². The number of nitrogens with zero attached hydrogens (tertiary/aromatic N) is 3. The zero-order valence-corrected chi connectivity index (χ0v) is 21.7. The molecule has 1 aliphatic heterocycles. The Morgan fingerprint density at radius 3 is 2.57 bits per heavy atom. The SMILES string of the molecule is COc1ccccc1CN(C(=O)c1cc2cc3ccc(OC)c(Cl)c3nc2s1)C1CCN(C)CC1. The minimum atomic E-state index is 0.0289. The molecule has 3 heterocycles. The molecule has 0 unspecified atom stereocenters. The third-order valence-electron chi connectivity index (χ3n) is 6.73. The Balaban J connectivity index is 1.53. The van der Waals surface area contributed by atoms with Crippen molar-refractivity contribution in [2.45, 2.75) is 25.4 Å². The van der Waals surface area contributed by atoms with Gasteiger partial charge in [-0.1, -0.05) is 29.8 Å². The Hall–Kier alpha value is -2.87. The molecule has 4 aromatic rings. The van der Waals surface area contributed by atoms with Gasteiger partial charge in [-0.05, 0) is 63.3 Å². The summed E-state index contributed by atoms with van der Waals surface area (Å²) in [6.07, 6.45) is 1.89. The average molecular weight is 510 g/mol. The van der Waals surface area contributed by atoms with E-state index in [1.54, 1.807) is 14.2 Å². The fourth-order valence-electron chi connectivity index (χ4n) is 4.74. The molecule has 0 N–H and O–H groups in total. The Kier molecular flexibility index (Phi) is 6.82. The van der Waals surface area contributed by atoms with Gasteiger partial charge in [-0.15, -0.1) is 11.3 Å². The van der Waals surface area contributed by atoms with E-state index in [0.717, 1.165) is 52.8 Å². The molecular formula is C27H28ClN3O3S. The molecule has 6 nitrogen and oxygen atoms in total. The lowest BCUT2D eigenvalue weighted by Crippen LogP contribution is -2.46. The number of likely N-dealkylation sites (tertiary alicyclic amines) is 1. The Morgan fingerprint density at radius 2 is 1.83 bits per heavy atom. The molecule has 182 valence electrons. The molecule has 8 heteroatoms. The summed E-state index contributed by atoms with van der Waals surface area (Å²) < 4.78 is 10.9. The van der Waals surface area contributed by atoms with Gasteiger partial charge in [0.05, 0.1) is 24.6 Å². The minimum absolute atomic E-state index is 0.0289. The van der Waals surface area contributed by atoms with Gasteiger partial charge in [-0.3, -0.25) is 4.79 Å². The van der Waals surface area contributed by atoms with Gasteiger partial charge in [0.2, 0.25) is 0 Å². The number of aromatic nitrogens is 1. The van der Waals surface area contributed by atoms with Gasteiger partial charge in [-0.25, -0.2) is 4.98 Å². The van der Waals surface area contributed by atoms with Crippen LogP contribution in [0, 0.1) is 0 Å². The van der Waals surface area contributed by atoms with Crippen LogP contribution in [-0.4, -0.2) is 61.1 Å². The van der Waals surface area contributed by atoms with Crippen molar-refractivity contribution in [2.24, 2.45) is 0 Å². The standard InChI is InChI=1S/C27H28ClN3O3S/c1-30-12-10-20(11-13-30)31(16-18-6-4-5-7-21(18)33-2)27(32)23-15-19-14-17-8-9-22(34-3)24(28)25(17)29-26(19)35-23/h4-9,14-15,20H,10-13,16H2,1-3H3. The van der Waals surface area contributed by atoms with Crippen molar-refractivity contribution in [1.29, 1.82) is 0 Å². The summed E-state index contributed by atoms with van der Waals surface area (Å²) in [6, 6.07) is 15.9. The molecule has 1 aliphatic rings. The molecule has 0 bridgehead atoms. The molecule has 0 aliphatic carbocycles. The van der Waals surface area contributed by atoms with Gasteiger partial charge in [0.15, 0.2) is 0 Å². The molecule has 2 aromatic carbocycles. The fraction of sp³-hybridized carbons (Fsp3) is 0.333. The lowest BCUT2D eigenvalue weighted by molar-refractivity contribution is 0.0573. The number of methoxy groups -OCH3 is 2. The quantitative estimate of drug-likeness (QED) is 0.326. The van der Waals surface area contributed by atoms with Crippen molar-refractivity contribution in [3.05, 3.63) is 64.0 Å². The van der Waals surface area contributed by atoms with E-state index in [0.29, 0.717) is 27.7 Å². The molecule has 0 atom stereocenters. The van der Waals surface area contributed by atoms with E-state index < -0.39 is 0 Å². The molecular weight excluding hydrogens is 482 g/mol. The molecule has 0 saturated carbocycles. The lowest BCUT2D eigenvalue weighted by Gasteiger charge is -2.37. The molecule has 35 heavy (non-hydrogen) atoms. The summed E-state index contributed by atoms with van der Waals surface area (Å²) in [4.78, 5) is 24.6. The highest BCUT2D eigenvalue weighted by molar-refractivity contribution is 7.20. The molecule has 2 aromatic heterocycles. The van der Waals surface area contributed by atoms with Crippen LogP contribution >= 0.6 is 22.9 Å². The maximum Gasteiger partial charge on any atom is 0.264 e. The van der Waals surface area contributed by atoms with E-state index in [-0.39, 0.29) is 11.9 Å². The molecule has 0 radical (unpaired) electrons. The van der Waals surface area contributed by atoms with E-state index in [1.807, 2.05) is 53.4 Å². The van der Waals surface area contributed by atoms with Crippen LogP contribution in [0.1, 0.15) is 28.1 Å². The molecule has 5 rings (SSSR count). The van der Waals surface area contributed by atoms with Crippen molar-refractivity contribution < 1.29 is 14.3 Å². The number of pyridine rings is 1. The van der Waals surface area contributed by atoms with Crippen molar-refractivity contribution in [3.8, 4) is 11.5 Å². The molecule has 0 spiro atoms. The van der Waals surface area contributed by atoms with Crippen LogP contribution < -0.4 is 9.47 Å². The number of rotatable bonds is 6. The number of carbonyl (C=O) groups is 1. The van der Waals surface area contributed by atoms with Crippen molar-refractivity contribution in [2.75, 3.05) is 34.4 Å². The highest BCUT2D eigenvalue weighted by Crippen LogP contribution is 2.36. The normalized spacial score (nSPS) is 15.0. The maximum absolute atomic E-state index is 14.0. The number of hydrogen-bond donors (Lipinski definition) is 0. The smallest absolute Gasteiger partial charge is 0.264 e. The summed E-state index contributed by atoms with van der Waals surface area (Å²) in [5.41, 5.74) is 1.69. The number of piperidine rings is 1. The largest absolute Gasteiger partial charge is 0.496 e. The first kappa shape index (κ1) is 23.9. The van der Waals surface area contributed by atoms with E-state index in [9.17, 15) is 4.79 Å². The number of hydrogen-bond acceptors (Lipinski definition) is 6.